The molecule has 1 saturated heterocycles. The Kier molecular flexibility index (Phi) is 4.87. The van der Waals surface area contributed by atoms with Crippen molar-refractivity contribution in [3.63, 3.8) is 0 Å². The lowest BCUT2D eigenvalue weighted by atomic mass is 9.99. The first-order chi connectivity index (χ1) is 13.1. The van der Waals surface area contributed by atoms with E-state index in [4.69, 9.17) is 0 Å². The molecule has 2 aromatic rings. The van der Waals surface area contributed by atoms with Crippen molar-refractivity contribution in [2.24, 2.45) is 0 Å². The van der Waals surface area contributed by atoms with E-state index in [0.29, 0.717) is 13.0 Å². The molecule has 0 bridgehead atoms. The van der Waals surface area contributed by atoms with Crippen LogP contribution in [0.4, 0.5) is 5.69 Å². The van der Waals surface area contributed by atoms with Crippen molar-refractivity contribution in [1.29, 1.82) is 0 Å². The summed E-state index contributed by atoms with van der Waals surface area (Å²) in [5.74, 6) is 0.693. The summed E-state index contributed by atoms with van der Waals surface area (Å²) in [5, 5.41) is 13.1. The highest BCUT2D eigenvalue weighted by molar-refractivity contribution is 5.79. The Morgan fingerprint density at radius 2 is 2.07 bits per heavy atom. The van der Waals surface area contributed by atoms with Crippen molar-refractivity contribution < 1.29 is 9.90 Å². The van der Waals surface area contributed by atoms with Gasteiger partial charge in [0.15, 0.2) is 0 Å². The Morgan fingerprint density at radius 3 is 2.74 bits per heavy atom. The molecule has 1 atom stereocenters. The van der Waals surface area contributed by atoms with Crippen LogP contribution in [0.25, 0.3) is 0 Å². The van der Waals surface area contributed by atoms with Crippen LogP contribution in [-0.2, 0) is 11.2 Å². The second kappa shape index (κ2) is 7.31. The number of carbonyl (C=O) groups excluding carboxylic acids is 1. The van der Waals surface area contributed by atoms with Crippen molar-refractivity contribution in [1.82, 2.24) is 10.3 Å². The lowest BCUT2D eigenvalue weighted by Crippen LogP contribution is -2.53. The lowest BCUT2D eigenvalue weighted by Gasteiger charge is -2.29. The largest absolute Gasteiger partial charge is 0.394 e. The van der Waals surface area contributed by atoms with Gasteiger partial charge >= 0.3 is 0 Å². The van der Waals surface area contributed by atoms with E-state index in [2.05, 4.69) is 45.5 Å². The first-order valence-corrected chi connectivity index (χ1v) is 9.74. The average molecular weight is 365 g/mol. The van der Waals surface area contributed by atoms with Gasteiger partial charge in [-0.1, -0.05) is 24.3 Å². The molecule has 2 fully saturated rings. The molecule has 5 heteroatoms. The Labute approximate surface area is 160 Å². The smallest absolute Gasteiger partial charge is 0.224 e. The van der Waals surface area contributed by atoms with Crippen LogP contribution in [0, 0.1) is 6.92 Å². The molecule has 1 aliphatic heterocycles. The molecule has 1 aliphatic carbocycles. The van der Waals surface area contributed by atoms with Gasteiger partial charge in [0.1, 0.15) is 0 Å². The number of aliphatic hydroxyl groups excluding tert-OH is 1. The number of nitrogens with zero attached hydrogens (tertiary/aromatic N) is 2. The van der Waals surface area contributed by atoms with Crippen LogP contribution in [0.5, 0.6) is 0 Å². The molecule has 1 aromatic carbocycles. The predicted octanol–water partition coefficient (Wildman–Crippen LogP) is 2.57. The van der Waals surface area contributed by atoms with Crippen LogP contribution in [0.1, 0.15) is 41.9 Å². The molecule has 1 saturated carbocycles. The van der Waals surface area contributed by atoms with E-state index in [1.54, 1.807) is 0 Å². The fourth-order valence-corrected chi connectivity index (χ4v) is 3.93. The normalized spacial score (nSPS) is 22.1. The van der Waals surface area contributed by atoms with Crippen LogP contribution in [0.15, 0.2) is 42.7 Å². The molecule has 1 unspecified atom stereocenters. The maximum atomic E-state index is 12.6. The zero-order chi connectivity index (χ0) is 18.9. The number of aryl methyl sites for hydroxylation is 1. The predicted molar refractivity (Wildman–Crippen MR) is 106 cm³/mol. The van der Waals surface area contributed by atoms with E-state index < -0.39 is 5.54 Å². The number of benzene rings is 1. The second-order valence-corrected chi connectivity index (χ2v) is 8.07. The summed E-state index contributed by atoms with van der Waals surface area (Å²) in [6, 6.07) is 10.5. The molecule has 0 spiro atoms. The summed E-state index contributed by atoms with van der Waals surface area (Å²) in [7, 11) is 0. The van der Waals surface area contributed by atoms with E-state index >= 15 is 0 Å². The molecule has 1 amide bonds. The number of hydrogen-bond acceptors (Lipinski definition) is 4. The summed E-state index contributed by atoms with van der Waals surface area (Å²) in [6.07, 6.45) is 7.30. The monoisotopic (exact) mass is 365 g/mol. The van der Waals surface area contributed by atoms with Gasteiger partial charge in [0.25, 0.3) is 0 Å². The van der Waals surface area contributed by atoms with E-state index in [-0.39, 0.29) is 12.5 Å². The molecule has 2 heterocycles. The van der Waals surface area contributed by atoms with Crippen molar-refractivity contribution >= 4 is 11.6 Å². The quantitative estimate of drug-likeness (QED) is 0.826. The van der Waals surface area contributed by atoms with Crippen molar-refractivity contribution in [2.45, 2.75) is 44.1 Å². The summed E-state index contributed by atoms with van der Waals surface area (Å²) >= 11 is 0. The van der Waals surface area contributed by atoms with Gasteiger partial charge < -0.3 is 15.3 Å². The third kappa shape index (κ3) is 4.14. The summed E-state index contributed by atoms with van der Waals surface area (Å²) in [4.78, 5) is 19.0. The SMILES string of the molecule is Cc1cncc(N2CCC(CO)(NC(=O)Cc3ccc(C4CC4)cc3)C2)c1. The summed E-state index contributed by atoms with van der Waals surface area (Å²) in [6.45, 7) is 3.35. The zero-order valence-corrected chi connectivity index (χ0v) is 15.8. The third-order valence-corrected chi connectivity index (χ3v) is 5.68. The van der Waals surface area contributed by atoms with Gasteiger partial charge in [-0.2, -0.15) is 0 Å². The summed E-state index contributed by atoms with van der Waals surface area (Å²) in [5.41, 5.74) is 3.95. The molecule has 2 N–H and O–H groups in total. The highest BCUT2D eigenvalue weighted by atomic mass is 16.3. The molecular weight excluding hydrogens is 338 g/mol. The average Bonchev–Trinajstić information content (AvgIpc) is 3.43. The highest BCUT2D eigenvalue weighted by Crippen LogP contribution is 2.39. The van der Waals surface area contributed by atoms with E-state index in [1.165, 1.54) is 18.4 Å². The van der Waals surface area contributed by atoms with Crippen LogP contribution in [0.3, 0.4) is 0 Å². The van der Waals surface area contributed by atoms with Crippen LogP contribution in [-0.4, -0.2) is 41.2 Å². The minimum atomic E-state index is -0.589. The molecule has 142 valence electrons. The molecule has 2 aliphatic rings. The minimum Gasteiger partial charge on any atom is -0.394 e. The molecule has 27 heavy (non-hydrogen) atoms. The second-order valence-electron chi connectivity index (χ2n) is 8.07. The van der Waals surface area contributed by atoms with Crippen LogP contribution >= 0.6 is 0 Å². The Hall–Kier alpha value is -2.40. The number of pyridine rings is 1. The summed E-state index contributed by atoms with van der Waals surface area (Å²) < 4.78 is 0. The Balaban J connectivity index is 1.38. The number of nitrogens with one attached hydrogen (secondary N) is 1. The number of rotatable bonds is 6. The van der Waals surface area contributed by atoms with Gasteiger partial charge in [0.2, 0.25) is 5.91 Å². The number of aliphatic hydroxyl groups is 1. The van der Waals surface area contributed by atoms with Gasteiger partial charge in [-0.3, -0.25) is 9.78 Å². The van der Waals surface area contributed by atoms with Gasteiger partial charge in [-0.25, -0.2) is 0 Å². The van der Waals surface area contributed by atoms with E-state index in [9.17, 15) is 9.90 Å². The molecule has 5 nitrogen and oxygen atoms in total. The van der Waals surface area contributed by atoms with E-state index in [0.717, 1.165) is 35.7 Å². The van der Waals surface area contributed by atoms with Gasteiger partial charge in [-0.15, -0.1) is 0 Å². The number of carbonyl (C=O) groups is 1. The van der Waals surface area contributed by atoms with Crippen LogP contribution in [0.2, 0.25) is 0 Å². The first kappa shape index (κ1) is 18.0. The molecule has 0 radical (unpaired) electrons. The fourth-order valence-electron chi connectivity index (χ4n) is 3.93. The molecule has 1 aromatic heterocycles. The number of aromatic nitrogens is 1. The van der Waals surface area contributed by atoms with Crippen molar-refractivity contribution in [3.8, 4) is 0 Å². The van der Waals surface area contributed by atoms with Crippen LogP contribution < -0.4 is 10.2 Å². The maximum absolute atomic E-state index is 12.6. The first-order valence-electron chi connectivity index (χ1n) is 9.74. The molecular formula is C22H27N3O2. The Bertz CT molecular complexity index is 817. The number of anilines is 1. The fraction of sp³-hybridized carbons (Fsp3) is 0.455. The van der Waals surface area contributed by atoms with Gasteiger partial charge in [0, 0.05) is 19.3 Å². The zero-order valence-electron chi connectivity index (χ0n) is 15.8. The van der Waals surface area contributed by atoms with Crippen molar-refractivity contribution in [3.05, 3.63) is 59.4 Å². The number of hydrogen-bond donors (Lipinski definition) is 2. The maximum Gasteiger partial charge on any atom is 0.224 e. The standard InChI is InChI=1S/C22H27N3O2/c1-16-10-20(13-23-12-16)25-9-8-22(14-25,15-26)24-21(27)11-17-2-4-18(5-3-17)19-6-7-19/h2-5,10,12-13,19,26H,6-9,11,14-15H2,1H3,(H,24,27). The topological polar surface area (TPSA) is 65.5 Å². The highest BCUT2D eigenvalue weighted by Gasteiger charge is 2.39. The number of amides is 1. The Morgan fingerprint density at radius 1 is 1.30 bits per heavy atom. The third-order valence-electron chi connectivity index (χ3n) is 5.68. The minimum absolute atomic E-state index is 0.0348. The molecule has 4 rings (SSSR count). The van der Waals surface area contributed by atoms with E-state index in [1.807, 2.05) is 19.3 Å². The lowest BCUT2D eigenvalue weighted by molar-refractivity contribution is -0.122. The van der Waals surface area contributed by atoms with Gasteiger partial charge in [0.05, 0.1) is 30.5 Å². The van der Waals surface area contributed by atoms with Gasteiger partial charge in [-0.05, 0) is 54.9 Å². The van der Waals surface area contributed by atoms with Crippen molar-refractivity contribution in [2.75, 3.05) is 24.6 Å².